The standard InChI is InChI=1S/C11H15F2NOS/c1-8(2)14-5-6-16(15)11-4-3-9(12)7-10(11)13/h3-4,7-8,14H,5-6H2,1-2H3. The maximum atomic E-state index is 13.2. The van der Waals surface area contributed by atoms with Crippen LogP contribution in [0.3, 0.4) is 0 Å². The molecule has 16 heavy (non-hydrogen) atoms. The predicted molar refractivity (Wildman–Crippen MR) is 60.8 cm³/mol. The third kappa shape index (κ3) is 3.98. The van der Waals surface area contributed by atoms with E-state index >= 15 is 0 Å². The van der Waals surface area contributed by atoms with Gasteiger partial charge in [-0.1, -0.05) is 13.8 Å². The fourth-order valence-electron chi connectivity index (χ4n) is 1.21. The van der Waals surface area contributed by atoms with E-state index in [2.05, 4.69) is 5.32 Å². The molecule has 90 valence electrons. The van der Waals surface area contributed by atoms with Gasteiger partial charge in [-0.3, -0.25) is 4.21 Å². The minimum absolute atomic E-state index is 0.0620. The van der Waals surface area contributed by atoms with Crippen molar-refractivity contribution >= 4 is 10.8 Å². The van der Waals surface area contributed by atoms with Gasteiger partial charge in [-0.15, -0.1) is 0 Å². The summed E-state index contributed by atoms with van der Waals surface area (Å²) in [5, 5.41) is 3.09. The van der Waals surface area contributed by atoms with E-state index in [0.29, 0.717) is 18.3 Å². The van der Waals surface area contributed by atoms with Gasteiger partial charge in [0, 0.05) is 24.4 Å². The lowest BCUT2D eigenvalue weighted by atomic mass is 10.3. The van der Waals surface area contributed by atoms with E-state index in [0.717, 1.165) is 12.1 Å². The molecule has 0 spiro atoms. The lowest BCUT2D eigenvalue weighted by Crippen LogP contribution is -2.27. The van der Waals surface area contributed by atoms with Crippen molar-refractivity contribution in [2.24, 2.45) is 0 Å². The Hall–Kier alpha value is -0.810. The van der Waals surface area contributed by atoms with Crippen LogP contribution in [-0.4, -0.2) is 22.5 Å². The van der Waals surface area contributed by atoms with Crippen molar-refractivity contribution in [2.75, 3.05) is 12.3 Å². The fourth-order valence-corrected chi connectivity index (χ4v) is 2.23. The van der Waals surface area contributed by atoms with E-state index in [1.165, 1.54) is 6.07 Å². The minimum Gasteiger partial charge on any atom is -0.314 e. The Morgan fingerprint density at radius 1 is 1.38 bits per heavy atom. The topological polar surface area (TPSA) is 29.1 Å². The monoisotopic (exact) mass is 247 g/mol. The van der Waals surface area contributed by atoms with Crippen LogP contribution >= 0.6 is 0 Å². The molecule has 0 bridgehead atoms. The Balaban J connectivity index is 2.59. The summed E-state index contributed by atoms with van der Waals surface area (Å²) >= 11 is 0. The molecule has 1 atom stereocenters. The predicted octanol–water partition coefficient (Wildman–Crippen LogP) is 2.07. The van der Waals surface area contributed by atoms with Gasteiger partial charge in [0.05, 0.1) is 15.7 Å². The first kappa shape index (κ1) is 13.3. The van der Waals surface area contributed by atoms with E-state index in [4.69, 9.17) is 0 Å². The van der Waals surface area contributed by atoms with Crippen molar-refractivity contribution in [1.29, 1.82) is 0 Å². The van der Waals surface area contributed by atoms with Crippen molar-refractivity contribution in [2.45, 2.75) is 24.8 Å². The second-order valence-corrected chi connectivity index (χ2v) is 5.27. The molecule has 2 nitrogen and oxygen atoms in total. The maximum Gasteiger partial charge on any atom is 0.142 e. The Morgan fingerprint density at radius 2 is 2.06 bits per heavy atom. The quantitative estimate of drug-likeness (QED) is 0.863. The van der Waals surface area contributed by atoms with Gasteiger partial charge in [0.15, 0.2) is 0 Å². The van der Waals surface area contributed by atoms with Gasteiger partial charge >= 0.3 is 0 Å². The summed E-state index contributed by atoms with van der Waals surface area (Å²) in [4.78, 5) is 0.0620. The first-order chi connectivity index (χ1) is 7.50. The van der Waals surface area contributed by atoms with E-state index in [-0.39, 0.29) is 4.90 Å². The van der Waals surface area contributed by atoms with Crippen LogP contribution < -0.4 is 5.32 Å². The zero-order valence-electron chi connectivity index (χ0n) is 9.30. The SMILES string of the molecule is CC(C)NCCS(=O)c1ccc(F)cc1F. The summed E-state index contributed by atoms with van der Waals surface area (Å²) < 4.78 is 37.5. The second kappa shape index (κ2) is 6.06. The highest BCUT2D eigenvalue weighted by Gasteiger charge is 2.10. The second-order valence-electron chi connectivity index (χ2n) is 3.73. The molecular formula is C11H15F2NOS. The van der Waals surface area contributed by atoms with E-state index in [9.17, 15) is 13.0 Å². The first-order valence-electron chi connectivity index (χ1n) is 5.07. The fraction of sp³-hybridized carbons (Fsp3) is 0.455. The number of benzene rings is 1. The zero-order valence-corrected chi connectivity index (χ0v) is 10.1. The molecule has 5 heteroatoms. The first-order valence-corrected chi connectivity index (χ1v) is 6.39. The molecule has 0 aliphatic rings. The van der Waals surface area contributed by atoms with E-state index < -0.39 is 22.4 Å². The molecule has 0 saturated heterocycles. The molecule has 0 aliphatic carbocycles. The highest BCUT2D eigenvalue weighted by atomic mass is 32.2. The third-order valence-electron chi connectivity index (χ3n) is 1.98. The Morgan fingerprint density at radius 3 is 2.62 bits per heavy atom. The van der Waals surface area contributed by atoms with Crippen LogP contribution in [0.1, 0.15) is 13.8 Å². The van der Waals surface area contributed by atoms with Crippen molar-refractivity contribution in [3.63, 3.8) is 0 Å². The molecule has 1 rings (SSSR count). The summed E-state index contributed by atoms with van der Waals surface area (Å²) in [6.07, 6.45) is 0. The molecule has 1 unspecified atom stereocenters. The van der Waals surface area contributed by atoms with Crippen LogP contribution in [-0.2, 0) is 10.8 Å². The number of nitrogens with one attached hydrogen (secondary N) is 1. The van der Waals surface area contributed by atoms with Gasteiger partial charge in [-0.25, -0.2) is 8.78 Å². The van der Waals surface area contributed by atoms with Gasteiger partial charge < -0.3 is 5.32 Å². The molecule has 1 N–H and O–H groups in total. The van der Waals surface area contributed by atoms with Crippen molar-refractivity contribution in [3.8, 4) is 0 Å². The smallest absolute Gasteiger partial charge is 0.142 e. The van der Waals surface area contributed by atoms with Crippen LogP contribution in [0, 0.1) is 11.6 Å². The molecule has 0 amide bonds. The average molecular weight is 247 g/mol. The minimum atomic E-state index is -1.42. The molecule has 0 heterocycles. The van der Waals surface area contributed by atoms with Crippen LogP contribution in [0.4, 0.5) is 8.78 Å². The van der Waals surface area contributed by atoms with Gasteiger partial charge in [0.25, 0.3) is 0 Å². The summed E-state index contributed by atoms with van der Waals surface area (Å²) in [7, 11) is -1.42. The molecule has 0 aliphatic heterocycles. The molecule has 0 saturated carbocycles. The molecule has 1 aromatic carbocycles. The summed E-state index contributed by atoms with van der Waals surface area (Å²) in [6, 6.07) is 3.40. The lowest BCUT2D eigenvalue weighted by Gasteiger charge is -2.08. The molecule has 0 fully saturated rings. The highest BCUT2D eigenvalue weighted by molar-refractivity contribution is 7.85. The molecule has 0 aromatic heterocycles. The van der Waals surface area contributed by atoms with E-state index in [1.54, 1.807) is 0 Å². The number of rotatable bonds is 5. The maximum absolute atomic E-state index is 13.2. The number of hydrogen-bond acceptors (Lipinski definition) is 2. The van der Waals surface area contributed by atoms with Crippen molar-refractivity contribution in [1.82, 2.24) is 5.32 Å². The summed E-state index contributed by atoms with van der Waals surface area (Å²) in [5.74, 6) is -1.08. The van der Waals surface area contributed by atoms with Gasteiger partial charge in [-0.2, -0.15) is 0 Å². The Kier molecular flexibility index (Phi) is 5.02. The lowest BCUT2D eigenvalue weighted by molar-refractivity contribution is 0.561. The highest BCUT2D eigenvalue weighted by Crippen LogP contribution is 2.13. The summed E-state index contributed by atoms with van der Waals surface area (Å²) in [6.45, 7) is 4.49. The van der Waals surface area contributed by atoms with Crippen LogP contribution in [0.5, 0.6) is 0 Å². The van der Waals surface area contributed by atoms with Crippen LogP contribution in [0.25, 0.3) is 0 Å². The largest absolute Gasteiger partial charge is 0.314 e. The average Bonchev–Trinajstić information content (AvgIpc) is 2.16. The molecular weight excluding hydrogens is 232 g/mol. The van der Waals surface area contributed by atoms with E-state index in [1.807, 2.05) is 13.8 Å². The van der Waals surface area contributed by atoms with Crippen LogP contribution in [0.15, 0.2) is 23.1 Å². The van der Waals surface area contributed by atoms with Gasteiger partial charge in [0.1, 0.15) is 11.6 Å². The summed E-state index contributed by atoms with van der Waals surface area (Å²) in [5.41, 5.74) is 0. The van der Waals surface area contributed by atoms with Crippen molar-refractivity contribution < 1.29 is 13.0 Å². The normalized spacial score (nSPS) is 13.1. The Bertz CT molecular complexity index is 382. The molecule has 0 radical (unpaired) electrons. The number of halogens is 2. The molecule has 1 aromatic rings. The Labute approximate surface area is 96.5 Å². The number of hydrogen-bond donors (Lipinski definition) is 1. The van der Waals surface area contributed by atoms with Crippen molar-refractivity contribution in [3.05, 3.63) is 29.8 Å². The van der Waals surface area contributed by atoms with Gasteiger partial charge in [0.2, 0.25) is 0 Å². The zero-order chi connectivity index (χ0) is 12.1. The third-order valence-corrected chi connectivity index (χ3v) is 3.38. The van der Waals surface area contributed by atoms with Crippen LogP contribution in [0.2, 0.25) is 0 Å². The van der Waals surface area contributed by atoms with Gasteiger partial charge in [-0.05, 0) is 12.1 Å².